The van der Waals surface area contributed by atoms with E-state index in [0.717, 1.165) is 6.26 Å². The normalized spacial score (nSPS) is 10.3. The van der Waals surface area contributed by atoms with Crippen LogP contribution in [0.1, 0.15) is 16.2 Å². The van der Waals surface area contributed by atoms with Crippen LogP contribution in [-0.4, -0.2) is 21.0 Å². The highest BCUT2D eigenvalue weighted by atomic mass is 16.4. The van der Waals surface area contributed by atoms with Crippen molar-refractivity contribution in [1.82, 2.24) is 9.97 Å². The van der Waals surface area contributed by atoms with Crippen molar-refractivity contribution in [3.05, 3.63) is 29.8 Å². The molecule has 0 atom stereocenters. The SMILES string of the molecule is Cc1cc(-c2nc(C(=O)O)co2)cc(N)n1. The number of carboxylic acid groups (broad SMARTS) is 1. The van der Waals surface area contributed by atoms with Gasteiger partial charge in [0.15, 0.2) is 5.69 Å². The first kappa shape index (κ1) is 10.2. The van der Waals surface area contributed by atoms with E-state index in [1.807, 2.05) is 0 Å². The van der Waals surface area contributed by atoms with Crippen LogP contribution >= 0.6 is 0 Å². The Labute approximate surface area is 90.7 Å². The molecule has 82 valence electrons. The zero-order chi connectivity index (χ0) is 11.7. The maximum atomic E-state index is 10.6. The van der Waals surface area contributed by atoms with Gasteiger partial charge in [0.1, 0.15) is 12.1 Å². The highest BCUT2D eigenvalue weighted by molar-refractivity contribution is 5.85. The molecule has 2 rings (SSSR count). The van der Waals surface area contributed by atoms with E-state index in [4.69, 9.17) is 15.3 Å². The van der Waals surface area contributed by atoms with Crippen molar-refractivity contribution in [2.24, 2.45) is 0 Å². The number of nitrogens with two attached hydrogens (primary N) is 1. The van der Waals surface area contributed by atoms with Gasteiger partial charge in [0, 0.05) is 11.3 Å². The van der Waals surface area contributed by atoms with Gasteiger partial charge >= 0.3 is 5.97 Å². The fourth-order valence-electron chi connectivity index (χ4n) is 1.32. The maximum Gasteiger partial charge on any atom is 0.357 e. The zero-order valence-electron chi connectivity index (χ0n) is 8.47. The van der Waals surface area contributed by atoms with E-state index < -0.39 is 5.97 Å². The van der Waals surface area contributed by atoms with Gasteiger partial charge in [-0.2, -0.15) is 0 Å². The minimum absolute atomic E-state index is 0.136. The Hall–Kier alpha value is -2.37. The van der Waals surface area contributed by atoms with E-state index in [-0.39, 0.29) is 11.6 Å². The van der Waals surface area contributed by atoms with Crippen molar-refractivity contribution in [3.8, 4) is 11.5 Å². The number of carboxylic acids is 1. The molecule has 0 amide bonds. The molecule has 0 bridgehead atoms. The summed E-state index contributed by atoms with van der Waals surface area (Å²) in [5.41, 5.74) is 6.75. The number of pyridine rings is 1. The van der Waals surface area contributed by atoms with E-state index in [2.05, 4.69) is 9.97 Å². The summed E-state index contributed by atoms with van der Waals surface area (Å²) in [4.78, 5) is 18.4. The Kier molecular flexibility index (Phi) is 2.32. The van der Waals surface area contributed by atoms with Crippen LogP contribution in [0.5, 0.6) is 0 Å². The fraction of sp³-hybridized carbons (Fsp3) is 0.100. The topological polar surface area (TPSA) is 102 Å². The standard InChI is InChI=1S/C10H9N3O3/c1-5-2-6(3-8(11)12-5)9-13-7(4-16-9)10(14)15/h2-4H,1H3,(H2,11,12)(H,14,15). The lowest BCUT2D eigenvalue weighted by Gasteiger charge is -1.99. The highest BCUT2D eigenvalue weighted by Gasteiger charge is 2.12. The molecule has 0 aliphatic heterocycles. The van der Waals surface area contributed by atoms with Gasteiger partial charge < -0.3 is 15.3 Å². The quantitative estimate of drug-likeness (QED) is 0.789. The second-order valence-corrected chi connectivity index (χ2v) is 3.27. The van der Waals surface area contributed by atoms with Gasteiger partial charge in [-0.3, -0.25) is 0 Å². The van der Waals surface area contributed by atoms with Crippen molar-refractivity contribution in [2.75, 3.05) is 5.73 Å². The molecule has 0 spiro atoms. The number of nitrogens with zero attached hydrogens (tertiary/aromatic N) is 2. The molecule has 2 aromatic rings. The van der Waals surface area contributed by atoms with Gasteiger partial charge in [0.05, 0.1) is 0 Å². The number of rotatable bonds is 2. The summed E-state index contributed by atoms with van der Waals surface area (Å²) in [6.07, 6.45) is 1.09. The van der Waals surface area contributed by atoms with Crippen LogP contribution in [0.15, 0.2) is 22.8 Å². The Balaban J connectivity index is 2.46. The summed E-state index contributed by atoms with van der Waals surface area (Å²) < 4.78 is 5.05. The Morgan fingerprint density at radius 3 is 2.75 bits per heavy atom. The van der Waals surface area contributed by atoms with Crippen LogP contribution in [0.4, 0.5) is 5.82 Å². The van der Waals surface area contributed by atoms with E-state index in [9.17, 15) is 4.79 Å². The van der Waals surface area contributed by atoms with Crippen LogP contribution in [-0.2, 0) is 0 Å². The van der Waals surface area contributed by atoms with Crippen LogP contribution in [0.25, 0.3) is 11.5 Å². The average Bonchev–Trinajstić information content (AvgIpc) is 2.64. The predicted molar refractivity (Wildman–Crippen MR) is 55.8 cm³/mol. The first-order valence-electron chi connectivity index (χ1n) is 4.49. The lowest BCUT2D eigenvalue weighted by molar-refractivity contribution is 0.0690. The Bertz CT molecular complexity index is 528. The van der Waals surface area contributed by atoms with E-state index in [0.29, 0.717) is 17.1 Å². The second-order valence-electron chi connectivity index (χ2n) is 3.27. The largest absolute Gasteiger partial charge is 0.476 e. The molecular weight excluding hydrogens is 210 g/mol. The summed E-state index contributed by atoms with van der Waals surface area (Å²) in [6.45, 7) is 1.78. The average molecular weight is 219 g/mol. The van der Waals surface area contributed by atoms with E-state index in [1.54, 1.807) is 19.1 Å². The van der Waals surface area contributed by atoms with Crippen LogP contribution in [0, 0.1) is 6.92 Å². The first-order valence-corrected chi connectivity index (χ1v) is 4.49. The smallest absolute Gasteiger partial charge is 0.357 e. The third-order valence-electron chi connectivity index (χ3n) is 1.94. The summed E-state index contributed by atoms with van der Waals surface area (Å²) in [5, 5.41) is 8.69. The maximum absolute atomic E-state index is 10.6. The Morgan fingerprint density at radius 2 is 2.19 bits per heavy atom. The summed E-state index contributed by atoms with van der Waals surface area (Å²) in [6, 6.07) is 3.29. The fourth-order valence-corrected chi connectivity index (χ4v) is 1.32. The molecular formula is C10H9N3O3. The predicted octanol–water partition coefficient (Wildman–Crippen LogP) is 1.33. The lowest BCUT2D eigenvalue weighted by Crippen LogP contribution is -1.96. The molecule has 16 heavy (non-hydrogen) atoms. The molecule has 3 N–H and O–H groups in total. The highest BCUT2D eigenvalue weighted by Crippen LogP contribution is 2.20. The minimum atomic E-state index is -1.13. The summed E-state index contributed by atoms with van der Waals surface area (Å²) in [5.74, 6) is -0.576. The van der Waals surface area contributed by atoms with Crippen molar-refractivity contribution < 1.29 is 14.3 Å². The van der Waals surface area contributed by atoms with Gasteiger partial charge in [0.2, 0.25) is 5.89 Å². The molecule has 2 aromatic heterocycles. The third kappa shape index (κ3) is 1.85. The number of nitrogen functional groups attached to an aromatic ring is 1. The van der Waals surface area contributed by atoms with Crippen LogP contribution in [0.2, 0.25) is 0 Å². The first-order chi connectivity index (χ1) is 7.56. The van der Waals surface area contributed by atoms with Gasteiger partial charge in [-0.1, -0.05) is 0 Å². The molecule has 2 heterocycles. The van der Waals surface area contributed by atoms with Crippen LogP contribution < -0.4 is 5.73 Å². The van der Waals surface area contributed by atoms with Gasteiger partial charge in [0.25, 0.3) is 0 Å². The van der Waals surface area contributed by atoms with Crippen LogP contribution in [0.3, 0.4) is 0 Å². The van der Waals surface area contributed by atoms with Crippen molar-refractivity contribution in [3.63, 3.8) is 0 Å². The third-order valence-corrected chi connectivity index (χ3v) is 1.94. The summed E-state index contributed by atoms with van der Waals surface area (Å²) >= 11 is 0. The number of aromatic nitrogens is 2. The molecule has 6 heteroatoms. The molecule has 0 unspecified atom stereocenters. The number of aromatic carboxylic acids is 1. The number of oxazole rings is 1. The van der Waals surface area contributed by atoms with Crippen molar-refractivity contribution in [2.45, 2.75) is 6.92 Å². The molecule has 6 nitrogen and oxygen atoms in total. The van der Waals surface area contributed by atoms with E-state index in [1.165, 1.54) is 0 Å². The number of carbonyl (C=O) groups is 1. The van der Waals surface area contributed by atoms with E-state index >= 15 is 0 Å². The van der Waals surface area contributed by atoms with Gasteiger partial charge in [-0.05, 0) is 19.1 Å². The minimum Gasteiger partial charge on any atom is -0.476 e. The van der Waals surface area contributed by atoms with Gasteiger partial charge in [-0.15, -0.1) is 0 Å². The lowest BCUT2D eigenvalue weighted by atomic mass is 10.2. The second kappa shape index (κ2) is 3.65. The molecule has 0 aromatic carbocycles. The van der Waals surface area contributed by atoms with Gasteiger partial charge in [-0.25, -0.2) is 14.8 Å². The molecule has 0 radical (unpaired) electrons. The molecule has 0 fully saturated rings. The van der Waals surface area contributed by atoms with Crippen molar-refractivity contribution >= 4 is 11.8 Å². The monoisotopic (exact) mass is 219 g/mol. The summed E-state index contributed by atoms with van der Waals surface area (Å²) in [7, 11) is 0. The molecule has 0 aliphatic rings. The molecule has 0 saturated heterocycles. The number of hydrogen-bond donors (Lipinski definition) is 2. The number of hydrogen-bond acceptors (Lipinski definition) is 5. The zero-order valence-corrected chi connectivity index (χ0v) is 8.47. The Morgan fingerprint density at radius 1 is 1.44 bits per heavy atom. The number of aryl methyl sites for hydroxylation is 1. The number of anilines is 1. The molecule has 0 aliphatic carbocycles. The molecule has 0 saturated carbocycles. The van der Waals surface area contributed by atoms with Crippen molar-refractivity contribution in [1.29, 1.82) is 0 Å².